The van der Waals surface area contributed by atoms with Gasteiger partial charge in [-0.15, -0.1) is 0 Å². The largest absolute Gasteiger partial charge is 0.473 e. The van der Waals surface area contributed by atoms with Crippen LogP contribution in [0.25, 0.3) is 11.3 Å². The normalized spacial score (nSPS) is 17.7. The first-order valence-electron chi connectivity index (χ1n) is 11.2. The minimum Gasteiger partial charge on any atom is -0.473 e. The van der Waals surface area contributed by atoms with Crippen LogP contribution in [0.4, 0.5) is 15.0 Å². The van der Waals surface area contributed by atoms with Crippen LogP contribution < -0.4 is 15.4 Å². The summed E-state index contributed by atoms with van der Waals surface area (Å²) in [6.45, 7) is 0.699. The molecule has 1 saturated carbocycles. The van der Waals surface area contributed by atoms with Crippen LogP contribution in [0.15, 0.2) is 54.7 Å². The number of aromatic nitrogens is 2. The highest BCUT2D eigenvalue weighted by Crippen LogP contribution is 2.31. The molecular weight excluding hydrogens is 459 g/mol. The quantitative estimate of drug-likeness (QED) is 0.376. The van der Waals surface area contributed by atoms with Gasteiger partial charge >= 0.3 is 6.09 Å². The molecule has 0 radical (unpaired) electrons. The predicted molar refractivity (Wildman–Crippen MR) is 129 cm³/mol. The monoisotopic (exact) mass is 484 g/mol. The summed E-state index contributed by atoms with van der Waals surface area (Å²) in [6.07, 6.45) is 4.40. The van der Waals surface area contributed by atoms with Gasteiger partial charge in [0.1, 0.15) is 18.2 Å². The van der Waals surface area contributed by atoms with Crippen molar-refractivity contribution in [3.8, 4) is 17.1 Å². The number of amides is 1. The summed E-state index contributed by atoms with van der Waals surface area (Å²) < 4.78 is 19.1. The first-order chi connectivity index (χ1) is 16.5. The molecular formula is C25H26ClFN4O3. The predicted octanol–water partition coefficient (Wildman–Crippen LogP) is 5.75. The summed E-state index contributed by atoms with van der Waals surface area (Å²) in [5.74, 6) is 1.18. The summed E-state index contributed by atoms with van der Waals surface area (Å²) in [6, 6.07) is 13.8. The smallest absolute Gasteiger partial charge is 0.404 e. The zero-order chi connectivity index (χ0) is 23.9. The molecule has 2 aromatic heterocycles. The topological polar surface area (TPSA) is 96.4 Å². The van der Waals surface area contributed by atoms with Gasteiger partial charge in [-0.05, 0) is 61.4 Å². The third kappa shape index (κ3) is 6.57. The Morgan fingerprint density at radius 3 is 2.71 bits per heavy atom. The van der Waals surface area contributed by atoms with Gasteiger partial charge in [0, 0.05) is 30.4 Å². The number of halogens is 2. The van der Waals surface area contributed by atoms with E-state index < -0.39 is 6.09 Å². The van der Waals surface area contributed by atoms with Crippen LogP contribution in [-0.2, 0) is 6.61 Å². The fraction of sp³-hybridized carbons (Fsp3) is 0.320. The molecule has 0 spiro atoms. The minimum absolute atomic E-state index is 0.204. The lowest BCUT2D eigenvalue weighted by Crippen LogP contribution is -2.33. The molecule has 34 heavy (non-hydrogen) atoms. The maximum Gasteiger partial charge on any atom is 0.404 e. The zero-order valence-corrected chi connectivity index (χ0v) is 19.3. The maximum atomic E-state index is 13.4. The summed E-state index contributed by atoms with van der Waals surface area (Å²) in [4.78, 5) is 19.7. The Hall–Kier alpha value is -3.39. The average Bonchev–Trinajstić information content (AvgIpc) is 2.84. The number of hydrogen-bond donors (Lipinski definition) is 3. The van der Waals surface area contributed by atoms with Crippen molar-refractivity contribution in [2.24, 2.45) is 5.92 Å². The fourth-order valence-electron chi connectivity index (χ4n) is 4.09. The molecule has 4 rings (SSSR count). The highest BCUT2D eigenvalue weighted by Gasteiger charge is 2.22. The van der Waals surface area contributed by atoms with Crippen LogP contribution in [0.1, 0.15) is 31.2 Å². The molecule has 1 aliphatic rings. The molecule has 7 nitrogen and oxygen atoms in total. The van der Waals surface area contributed by atoms with Crippen molar-refractivity contribution in [1.82, 2.24) is 15.3 Å². The van der Waals surface area contributed by atoms with Crippen LogP contribution >= 0.6 is 11.6 Å². The second-order valence-electron chi connectivity index (χ2n) is 8.38. The second kappa shape index (κ2) is 11.2. The number of ether oxygens (including phenoxy) is 1. The van der Waals surface area contributed by atoms with Crippen LogP contribution in [0.3, 0.4) is 0 Å². The van der Waals surface area contributed by atoms with Gasteiger partial charge in [0.05, 0.1) is 10.7 Å². The molecule has 0 aliphatic heterocycles. The number of nitrogens with one attached hydrogen (secondary N) is 2. The Labute approximate surface area is 202 Å². The molecule has 9 heteroatoms. The van der Waals surface area contributed by atoms with Crippen molar-refractivity contribution < 1.29 is 19.0 Å². The number of nitrogens with zero attached hydrogens (tertiary/aromatic N) is 2. The Balaban J connectivity index is 1.39. The van der Waals surface area contributed by atoms with E-state index in [0.717, 1.165) is 31.2 Å². The van der Waals surface area contributed by atoms with Crippen LogP contribution in [0.5, 0.6) is 5.88 Å². The molecule has 0 saturated heterocycles. The lowest BCUT2D eigenvalue weighted by atomic mass is 9.86. The van der Waals surface area contributed by atoms with Gasteiger partial charge in [0.25, 0.3) is 0 Å². The third-order valence-electron chi connectivity index (χ3n) is 5.87. The number of carbonyl (C=O) groups is 1. The molecule has 1 aromatic carbocycles. The molecule has 0 unspecified atom stereocenters. The van der Waals surface area contributed by atoms with Gasteiger partial charge in [-0.1, -0.05) is 29.8 Å². The fourth-order valence-corrected chi connectivity index (χ4v) is 4.30. The van der Waals surface area contributed by atoms with E-state index in [2.05, 4.69) is 20.6 Å². The highest BCUT2D eigenvalue weighted by molar-refractivity contribution is 6.33. The van der Waals surface area contributed by atoms with Crippen LogP contribution in [-0.4, -0.2) is 33.8 Å². The van der Waals surface area contributed by atoms with E-state index in [1.54, 1.807) is 24.4 Å². The van der Waals surface area contributed by atoms with Crippen molar-refractivity contribution >= 4 is 23.5 Å². The van der Waals surface area contributed by atoms with E-state index in [4.69, 9.17) is 21.4 Å². The van der Waals surface area contributed by atoms with E-state index in [1.165, 1.54) is 12.1 Å². The number of anilines is 1. The van der Waals surface area contributed by atoms with Gasteiger partial charge in [0.2, 0.25) is 5.88 Å². The highest BCUT2D eigenvalue weighted by atomic mass is 35.5. The third-order valence-corrected chi connectivity index (χ3v) is 6.17. The number of carboxylic acid groups (broad SMARTS) is 1. The average molecular weight is 485 g/mol. The van der Waals surface area contributed by atoms with E-state index in [-0.39, 0.29) is 18.5 Å². The molecule has 3 N–H and O–H groups in total. The molecule has 1 fully saturated rings. The van der Waals surface area contributed by atoms with Crippen molar-refractivity contribution in [2.45, 2.75) is 38.3 Å². The summed E-state index contributed by atoms with van der Waals surface area (Å²) in [5.41, 5.74) is 2.10. The van der Waals surface area contributed by atoms with Crippen molar-refractivity contribution in [1.29, 1.82) is 0 Å². The van der Waals surface area contributed by atoms with Gasteiger partial charge in [0.15, 0.2) is 0 Å². The second-order valence-corrected chi connectivity index (χ2v) is 8.78. The summed E-state index contributed by atoms with van der Waals surface area (Å²) >= 11 is 6.43. The number of rotatable bonds is 8. The maximum absolute atomic E-state index is 13.4. The number of hydrogen-bond acceptors (Lipinski definition) is 5. The molecule has 1 aliphatic carbocycles. The van der Waals surface area contributed by atoms with Crippen LogP contribution in [0.2, 0.25) is 5.02 Å². The van der Waals surface area contributed by atoms with Gasteiger partial charge in [-0.2, -0.15) is 0 Å². The first kappa shape index (κ1) is 23.8. The summed E-state index contributed by atoms with van der Waals surface area (Å²) in [7, 11) is 0. The Bertz CT molecular complexity index is 1140. The van der Waals surface area contributed by atoms with Gasteiger partial charge < -0.3 is 20.5 Å². The zero-order valence-electron chi connectivity index (χ0n) is 18.5. The minimum atomic E-state index is -0.977. The van der Waals surface area contributed by atoms with E-state index in [9.17, 15) is 9.18 Å². The lowest BCUT2D eigenvalue weighted by Gasteiger charge is -2.29. The summed E-state index contributed by atoms with van der Waals surface area (Å²) in [5, 5.41) is 15.2. The molecule has 0 bridgehead atoms. The number of benzene rings is 1. The van der Waals surface area contributed by atoms with E-state index >= 15 is 0 Å². The van der Waals surface area contributed by atoms with E-state index in [1.807, 2.05) is 18.2 Å². The van der Waals surface area contributed by atoms with Crippen molar-refractivity contribution in [2.75, 3.05) is 11.9 Å². The van der Waals surface area contributed by atoms with Gasteiger partial charge in [-0.3, -0.25) is 0 Å². The van der Waals surface area contributed by atoms with Gasteiger partial charge in [-0.25, -0.2) is 19.2 Å². The molecule has 1 amide bonds. The number of pyridine rings is 2. The van der Waals surface area contributed by atoms with Crippen molar-refractivity contribution in [3.63, 3.8) is 0 Å². The SMILES string of the molecule is O=C(O)NCC1CCC(Nc2cc(-c3cccc(OCc4cccc(F)c4)n3)c(Cl)cn2)CC1. The standard InChI is InChI=1S/C25H26ClFN4O3/c26-21-14-28-23(30-19-9-7-16(8-10-19)13-29-25(32)33)12-20(21)22-5-2-6-24(31-22)34-15-17-3-1-4-18(27)11-17/h1-6,11-12,14,16,19,29H,7-10,13,15H2,(H,28,30)(H,32,33). The molecule has 178 valence electrons. The van der Waals surface area contributed by atoms with Crippen molar-refractivity contribution in [3.05, 3.63) is 71.1 Å². The van der Waals surface area contributed by atoms with E-state index in [0.29, 0.717) is 40.4 Å². The lowest BCUT2D eigenvalue weighted by molar-refractivity contribution is 0.190. The first-order valence-corrected chi connectivity index (χ1v) is 11.6. The van der Waals surface area contributed by atoms with Crippen LogP contribution in [0, 0.1) is 11.7 Å². The Morgan fingerprint density at radius 1 is 1.15 bits per heavy atom. The Morgan fingerprint density at radius 2 is 1.94 bits per heavy atom. The Kier molecular flexibility index (Phi) is 7.80. The molecule has 3 aromatic rings. The molecule has 2 heterocycles. The molecule has 0 atom stereocenters.